The number of fused-ring (bicyclic) bond motifs is 12. The van der Waals surface area contributed by atoms with E-state index in [0.717, 1.165) is 39.3 Å². The van der Waals surface area contributed by atoms with Crippen molar-refractivity contribution in [3.8, 4) is 39.4 Å². The smallest absolute Gasteiger partial charge is 0.135 e. The van der Waals surface area contributed by atoms with Crippen molar-refractivity contribution in [3.63, 3.8) is 0 Å². The van der Waals surface area contributed by atoms with Crippen LogP contribution in [0.3, 0.4) is 0 Å². The summed E-state index contributed by atoms with van der Waals surface area (Å²) < 4.78 is 11.1. The standard InChI is InChI=1S/C47H32N2O/c1-28-34-26-44-38(24-35(34)33-17-9-12-20-46(33)50-28)32-16-8-11-19-42(32)49(44)30-21-22-43-37(23-30)39-25-36-31-15-7-10-18-40(31)47(2,3)41(36)27-45(39)48(43)29-13-5-4-6-14-29/h4-27H,1H2,2-3H3. The average molecular weight is 641 g/mol. The molecule has 0 bridgehead atoms. The molecule has 0 amide bonds. The highest BCUT2D eigenvalue weighted by Gasteiger charge is 2.36. The third kappa shape index (κ3) is 3.54. The first kappa shape index (κ1) is 27.6. The maximum absolute atomic E-state index is 6.25. The van der Waals surface area contributed by atoms with E-state index in [4.69, 9.17) is 4.74 Å². The lowest BCUT2D eigenvalue weighted by Crippen LogP contribution is -2.14. The molecule has 1 aliphatic heterocycles. The number of rotatable bonds is 2. The fourth-order valence-corrected chi connectivity index (χ4v) is 8.91. The van der Waals surface area contributed by atoms with E-state index in [1.54, 1.807) is 0 Å². The fraction of sp³-hybridized carbons (Fsp3) is 0.0638. The van der Waals surface area contributed by atoms with Crippen LogP contribution in [-0.2, 0) is 5.41 Å². The van der Waals surface area contributed by atoms with E-state index in [9.17, 15) is 0 Å². The Balaban J connectivity index is 1.22. The van der Waals surface area contributed by atoms with Gasteiger partial charge in [-0.3, -0.25) is 0 Å². The van der Waals surface area contributed by atoms with Crippen molar-refractivity contribution in [2.45, 2.75) is 19.3 Å². The van der Waals surface area contributed by atoms with Gasteiger partial charge in [-0.2, -0.15) is 0 Å². The summed E-state index contributed by atoms with van der Waals surface area (Å²) >= 11 is 0. The molecule has 2 aromatic heterocycles. The zero-order chi connectivity index (χ0) is 33.3. The van der Waals surface area contributed by atoms with Crippen LogP contribution in [0.2, 0.25) is 0 Å². The zero-order valence-corrected chi connectivity index (χ0v) is 27.9. The van der Waals surface area contributed by atoms with Crippen molar-refractivity contribution < 1.29 is 4.74 Å². The molecule has 2 aliphatic rings. The number of hydrogen-bond acceptors (Lipinski definition) is 1. The van der Waals surface area contributed by atoms with Gasteiger partial charge >= 0.3 is 0 Å². The zero-order valence-electron chi connectivity index (χ0n) is 27.9. The molecule has 3 heterocycles. The molecule has 0 saturated heterocycles. The van der Waals surface area contributed by atoms with Crippen LogP contribution in [0.25, 0.3) is 83.0 Å². The molecule has 236 valence electrons. The minimum Gasteiger partial charge on any atom is -0.457 e. The Morgan fingerprint density at radius 3 is 1.96 bits per heavy atom. The van der Waals surface area contributed by atoms with E-state index in [2.05, 4.69) is 163 Å². The lowest BCUT2D eigenvalue weighted by Gasteiger charge is -2.22. The molecule has 9 aromatic rings. The van der Waals surface area contributed by atoms with Gasteiger partial charge < -0.3 is 13.9 Å². The molecule has 11 rings (SSSR count). The number of nitrogens with zero attached hydrogens (tertiary/aromatic N) is 2. The van der Waals surface area contributed by atoms with Gasteiger partial charge in [0.25, 0.3) is 0 Å². The van der Waals surface area contributed by atoms with Gasteiger partial charge in [0.05, 0.1) is 22.1 Å². The second-order valence-corrected chi connectivity index (χ2v) is 14.2. The molecule has 0 spiro atoms. The van der Waals surface area contributed by atoms with Gasteiger partial charge in [0.2, 0.25) is 0 Å². The van der Waals surface area contributed by atoms with Gasteiger partial charge in [0, 0.05) is 49.5 Å². The van der Waals surface area contributed by atoms with E-state index in [1.807, 2.05) is 12.1 Å². The first-order chi connectivity index (χ1) is 24.5. The summed E-state index contributed by atoms with van der Waals surface area (Å²) in [6, 6.07) is 53.1. The number of benzene rings is 7. The van der Waals surface area contributed by atoms with Crippen LogP contribution in [0.15, 0.2) is 152 Å². The second-order valence-electron chi connectivity index (χ2n) is 14.2. The predicted molar refractivity (Wildman–Crippen MR) is 208 cm³/mol. The van der Waals surface area contributed by atoms with Crippen molar-refractivity contribution in [1.29, 1.82) is 0 Å². The van der Waals surface area contributed by atoms with E-state index < -0.39 is 0 Å². The summed E-state index contributed by atoms with van der Waals surface area (Å²) in [5.74, 6) is 1.53. The van der Waals surface area contributed by atoms with E-state index in [1.165, 1.54) is 60.3 Å². The van der Waals surface area contributed by atoms with Crippen molar-refractivity contribution in [2.24, 2.45) is 0 Å². The summed E-state index contributed by atoms with van der Waals surface area (Å²) in [6.45, 7) is 9.06. The molecular weight excluding hydrogens is 609 g/mol. The predicted octanol–water partition coefficient (Wildman–Crippen LogP) is 12.2. The van der Waals surface area contributed by atoms with Gasteiger partial charge in [-0.05, 0) is 94.5 Å². The van der Waals surface area contributed by atoms with Crippen LogP contribution in [0, 0.1) is 0 Å². The first-order valence-electron chi connectivity index (χ1n) is 17.3. The Morgan fingerprint density at radius 1 is 0.440 bits per heavy atom. The van der Waals surface area contributed by atoms with E-state index >= 15 is 0 Å². The Kier molecular flexibility index (Phi) is 5.33. The molecule has 3 heteroatoms. The lowest BCUT2D eigenvalue weighted by atomic mass is 9.82. The molecular formula is C47H32N2O. The van der Waals surface area contributed by atoms with E-state index in [0.29, 0.717) is 5.76 Å². The lowest BCUT2D eigenvalue weighted by molar-refractivity contribution is 0.514. The molecule has 0 N–H and O–H groups in total. The highest BCUT2D eigenvalue weighted by Crippen LogP contribution is 2.51. The number of hydrogen-bond donors (Lipinski definition) is 0. The third-order valence-corrected chi connectivity index (χ3v) is 11.2. The molecule has 0 fully saturated rings. The highest BCUT2D eigenvalue weighted by atomic mass is 16.5. The van der Waals surface area contributed by atoms with Crippen molar-refractivity contribution in [2.75, 3.05) is 0 Å². The summed E-state index contributed by atoms with van der Waals surface area (Å²) in [6.07, 6.45) is 0. The number of para-hydroxylation sites is 3. The Morgan fingerprint density at radius 2 is 1.08 bits per heavy atom. The van der Waals surface area contributed by atoms with Crippen LogP contribution in [0.5, 0.6) is 5.75 Å². The van der Waals surface area contributed by atoms with Gasteiger partial charge in [0.15, 0.2) is 0 Å². The summed E-state index contributed by atoms with van der Waals surface area (Å²) in [5, 5.41) is 4.93. The van der Waals surface area contributed by atoms with Crippen LogP contribution in [0.4, 0.5) is 0 Å². The monoisotopic (exact) mass is 640 g/mol. The average Bonchev–Trinajstić information content (AvgIpc) is 3.73. The van der Waals surface area contributed by atoms with Gasteiger partial charge in [-0.1, -0.05) is 99.3 Å². The molecule has 0 saturated carbocycles. The summed E-state index contributed by atoms with van der Waals surface area (Å²) in [7, 11) is 0. The SMILES string of the molecule is C=C1Oc2ccccc2-c2cc3c4ccccc4n(-c4ccc5c(c4)c4cc6c(cc4n5-c4ccccc4)C(C)(C)c4ccccc4-6)c3cc21. The first-order valence-corrected chi connectivity index (χ1v) is 17.3. The maximum atomic E-state index is 6.25. The fourth-order valence-electron chi connectivity index (χ4n) is 8.91. The maximum Gasteiger partial charge on any atom is 0.135 e. The highest BCUT2D eigenvalue weighted by molar-refractivity contribution is 6.15. The van der Waals surface area contributed by atoms with Crippen LogP contribution < -0.4 is 4.74 Å². The molecule has 0 unspecified atom stereocenters. The minimum atomic E-state index is -0.0837. The number of ether oxygens (including phenoxy) is 1. The van der Waals surface area contributed by atoms with Gasteiger partial charge in [-0.25, -0.2) is 0 Å². The van der Waals surface area contributed by atoms with Gasteiger partial charge in [-0.15, -0.1) is 0 Å². The van der Waals surface area contributed by atoms with Crippen LogP contribution in [0.1, 0.15) is 30.5 Å². The summed E-state index contributed by atoms with van der Waals surface area (Å²) in [5.41, 5.74) is 15.7. The summed E-state index contributed by atoms with van der Waals surface area (Å²) in [4.78, 5) is 0. The topological polar surface area (TPSA) is 19.1 Å². The van der Waals surface area contributed by atoms with Crippen molar-refractivity contribution in [1.82, 2.24) is 9.13 Å². The largest absolute Gasteiger partial charge is 0.457 e. The molecule has 0 radical (unpaired) electrons. The molecule has 7 aromatic carbocycles. The van der Waals surface area contributed by atoms with Crippen molar-refractivity contribution >= 4 is 49.4 Å². The minimum absolute atomic E-state index is 0.0837. The van der Waals surface area contributed by atoms with Crippen molar-refractivity contribution in [3.05, 3.63) is 169 Å². The number of aromatic nitrogens is 2. The molecule has 50 heavy (non-hydrogen) atoms. The third-order valence-electron chi connectivity index (χ3n) is 11.2. The molecule has 3 nitrogen and oxygen atoms in total. The Labute approximate surface area is 289 Å². The second kappa shape index (κ2) is 9.64. The van der Waals surface area contributed by atoms with Crippen LogP contribution >= 0.6 is 0 Å². The Hall–Kier alpha value is -6.32. The normalized spacial score (nSPS) is 14.2. The van der Waals surface area contributed by atoms with Gasteiger partial charge in [0.1, 0.15) is 11.5 Å². The quantitative estimate of drug-likeness (QED) is 0.184. The molecule has 0 atom stereocenters. The molecule has 1 aliphatic carbocycles. The van der Waals surface area contributed by atoms with Crippen LogP contribution in [-0.4, -0.2) is 9.13 Å². The van der Waals surface area contributed by atoms with E-state index in [-0.39, 0.29) is 5.41 Å². The Bertz CT molecular complexity index is 2940.